The van der Waals surface area contributed by atoms with E-state index < -0.39 is 34.2 Å². The van der Waals surface area contributed by atoms with E-state index in [1.54, 1.807) is 6.08 Å². The highest BCUT2D eigenvalue weighted by molar-refractivity contribution is 6.87. The van der Waals surface area contributed by atoms with Gasteiger partial charge in [0, 0.05) is 0 Å². The van der Waals surface area contributed by atoms with Crippen molar-refractivity contribution >= 4 is 34.2 Å². The van der Waals surface area contributed by atoms with Crippen LogP contribution < -0.4 is 0 Å². The molecule has 0 bridgehead atoms. The molecular formula is C15H36O6Si4. The molecule has 0 unspecified atom stereocenters. The maximum absolute atomic E-state index is 6.37. The van der Waals surface area contributed by atoms with Crippen LogP contribution in [0, 0.1) is 0 Å². The molecule has 0 aromatic heterocycles. The molecule has 0 atom stereocenters. The van der Waals surface area contributed by atoms with Gasteiger partial charge in [0.05, 0.1) is 19.5 Å². The lowest BCUT2D eigenvalue weighted by atomic mass is 10.7. The number of ether oxygens (including phenoxy) is 1. The van der Waals surface area contributed by atoms with E-state index in [1.165, 1.54) is 6.26 Å². The largest absolute Gasteiger partial charge is 0.499 e. The molecule has 0 amide bonds. The van der Waals surface area contributed by atoms with Gasteiger partial charge in [-0.25, -0.2) is 0 Å². The van der Waals surface area contributed by atoms with Crippen LogP contribution in [0.2, 0.25) is 52.4 Å². The van der Waals surface area contributed by atoms with Gasteiger partial charge >= 0.3 is 34.2 Å². The van der Waals surface area contributed by atoms with Crippen LogP contribution in [-0.2, 0) is 25.9 Å². The minimum Gasteiger partial charge on any atom is -0.499 e. The highest BCUT2D eigenvalue weighted by atomic mass is 28.5. The third-order valence-electron chi connectivity index (χ3n) is 2.79. The molecule has 0 aliphatic heterocycles. The van der Waals surface area contributed by atoms with Crippen molar-refractivity contribution in [1.29, 1.82) is 0 Å². The molecule has 0 aromatic carbocycles. The lowest BCUT2D eigenvalue weighted by Gasteiger charge is -2.40. The van der Waals surface area contributed by atoms with Crippen LogP contribution in [-0.4, -0.2) is 54.1 Å². The summed E-state index contributed by atoms with van der Waals surface area (Å²) in [7, 11) is -9.39. The summed E-state index contributed by atoms with van der Waals surface area (Å²) in [5.41, 5.74) is 0. The molecule has 0 rings (SSSR count). The second kappa shape index (κ2) is 10.3. The summed E-state index contributed by atoms with van der Waals surface area (Å²) in [5.74, 6) is 0. The molecule has 148 valence electrons. The van der Waals surface area contributed by atoms with Crippen LogP contribution in [0.25, 0.3) is 0 Å². The van der Waals surface area contributed by atoms with Gasteiger partial charge in [0.2, 0.25) is 0 Å². The van der Waals surface area contributed by atoms with Crippen LogP contribution in [0.3, 0.4) is 0 Å². The van der Waals surface area contributed by atoms with Crippen molar-refractivity contribution in [2.45, 2.75) is 52.4 Å². The summed E-state index contributed by atoms with van der Waals surface area (Å²) in [6.45, 7) is 24.8. The zero-order chi connectivity index (χ0) is 19.8. The predicted molar refractivity (Wildman–Crippen MR) is 111 cm³/mol. The van der Waals surface area contributed by atoms with Crippen molar-refractivity contribution in [1.82, 2.24) is 0 Å². The average Bonchev–Trinajstić information content (AvgIpc) is 2.37. The summed E-state index contributed by atoms with van der Waals surface area (Å²) in [6, 6.07) is 0. The Morgan fingerprint density at radius 1 is 0.640 bits per heavy atom. The van der Waals surface area contributed by atoms with Gasteiger partial charge in [0.15, 0.2) is 0 Å². The van der Waals surface area contributed by atoms with Gasteiger partial charge in [-0.3, -0.25) is 0 Å². The summed E-state index contributed by atoms with van der Waals surface area (Å²) in [6.07, 6.45) is 3.14. The molecule has 0 saturated heterocycles. The topological polar surface area (TPSA) is 55.4 Å². The van der Waals surface area contributed by atoms with Gasteiger partial charge in [0.25, 0.3) is 0 Å². The van der Waals surface area contributed by atoms with Crippen molar-refractivity contribution < 1.29 is 25.9 Å². The molecule has 0 N–H and O–H groups in total. The third kappa shape index (κ3) is 12.9. The Morgan fingerprint density at radius 2 is 1.08 bits per heavy atom. The molecule has 0 heterocycles. The lowest BCUT2D eigenvalue weighted by Crippen LogP contribution is -2.57. The third-order valence-corrected chi connectivity index (χ3v) is 16.4. The van der Waals surface area contributed by atoms with Gasteiger partial charge in [0.1, 0.15) is 6.61 Å². The Balaban J connectivity index is 4.69. The van der Waals surface area contributed by atoms with Crippen LogP contribution in [0.1, 0.15) is 0 Å². The van der Waals surface area contributed by atoms with E-state index in [-0.39, 0.29) is 0 Å². The van der Waals surface area contributed by atoms with Gasteiger partial charge in [-0.1, -0.05) is 12.7 Å². The zero-order valence-electron chi connectivity index (χ0n) is 17.1. The van der Waals surface area contributed by atoms with Crippen molar-refractivity contribution in [3.63, 3.8) is 0 Å². The fourth-order valence-corrected chi connectivity index (χ4v) is 19.4. The van der Waals surface area contributed by atoms with Crippen LogP contribution in [0.4, 0.5) is 0 Å². The van der Waals surface area contributed by atoms with Crippen molar-refractivity contribution in [2.24, 2.45) is 0 Å². The molecule has 0 aromatic rings. The quantitative estimate of drug-likeness (QED) is 0.180. The second-order valence-electron chi connectivity index (χ2n) is 7.39. The standard InChI is InChI=1S/C15H36O6Si4/c1-11-13-17-22(3,4)19-24(7,8)21-25(9,10)20-23(5,6)18-15-14-16-12-2/h11-12H,1-2,13-15H2,3-10H3. The first kappa shape index (κ1) is 24.9. The first-order valence-electron chi connectivity index (χ1n) is 8.46. The Kier molecular flexibility index (Phi) is 10.3. The van der Waals surface area contributed by atoms with Gasteiger partial charge < -0.3 is 25.9 Å². The predicted octanol–water partition coefficient (Wildman–Crippen LogP) is 4.22. The summed E-state index contributed by atoms with van der Waals surface area (Å²) in [4.78, 5) is 0. The highest BCUT2D eigenvalue weighted by Gasteiger charge is 2.44. The van der Waals surface area contributed by atoms with Gasteiger partial charge in [-0.05, 0) is 52.4 Å². The van der Waals surface area contributed by atoms with E-state index in [2.05, 4.69) is 13.2 Å². The smallest absolute Gasteiger partial charge is 0.323 e. The van der Waals surface area contributed by atoms with Crippen LogP contribution in [0.5, 0.6) is 0 Å². The average molecular weight is 425 g/mol. The molecule has 10 heteroatoms. The van der Waals surface area contributed by atoms with Gasteiger partial charge in [-0.15, -0.1) is 6.58 Å². The highest BCUT2D eigenvalue weighted by Crippen LogP contribution is 2.24. The Labute approximate surface area is 158 Å². The second-order valence-corrected chi connectivity index (χ2v) is 21.6. The first-order chi connectivity index (χ1) is 11.2. The molecule has 0 radical (unpaired) electrons. The molecule has 25 heavy (non-hydrogen) atoms. The van der Waals surface area contributed by atoms with E-state index in [1.807, 2.05) is 52.4 Å². The number of hydrogen-bond acceptors (Lipinski definition) is 6. The monoisotopic (exact) mass is 424 g/mol. The minimum atomic E-state index is -2.41. The molecule has 0 saturated carbocycles. The van der Waals surface area contributed by atoms with Crippen molar-refractivity contribution in [3.05, 3.63) is 25.5 Å². The fourth-order valence-electron chi connectivity index (χ4n) is 2.55. The van der Waals surface area contributed by atoms with E-state index in [9.17, 15) is 0 Å². The van der Waals surface area contributed by atoms with Gasteiger partial charge in [-0.2, -0.15) is 0 Å². The summed E-state index contributed by atoms with van der Waals surface area (Å²) in [5, 5.41) is 0. The maximum atomic E-state index is 6.37. The SMILES string of the molecule is C=CCO[Si](C)(C)O[Si](C)(C)O[Si](C)(C)O[Si](C)(C)OCCOC=C. The zero-order valence-corrected chi connectivity index (χ0v) is 21.1. The van der Waals surface area contributed by atoms with E-state index in [4.69, 9.17) is 25.9 Å². The summed E-state index contributed by atoms with van der Waals surface area (Å²) < 4.78 is 35.7. The van der Waals surface area contributed by atoms with E-state index in [0.717, 1.165) is 0 Å². The maximum Gasteiger partial charge on any atom is 0.323 e. The number of rotatable bonds is 14. The summed E-state index contributed by atoms with van der Waals surface area (Å²) >= 11 is 0. The Bertz CT molecular complexity index is 426. The Morgan fingerprint density at radius 3 is 1.52 bits per heavy atom. The van der Waals surface area contributed by atoms with Crippen molar-refractivity contribution in [2.75, 3.05) is 19.8 Å². The van der Waals surface area contributed by atoms with Crippen molar-refractivity contribution in [3.8, 4) is 0 Å². The molecular weight excluding hydrogens is 389 g/mol. The van der Waals surface area contributed by atoms with E-state index in [0.29, 0.717) is 19.8 Å². The molecule has 0 spiro atoms. The van der Waals surface area contributed by atoms with Crippen LogP contribution >= 0.6 is 0 Å². The molecule has 6 nitrogen and oxygen atoms in total. The first-order valence-corrected chi connectivity index (χ1v) is 19.7. The Hall–Kier alpha value is -0.0525. The minimum absolute atomic E-state index is 0.468. The van der Waals surface area contributed by atoms with E-state index >= 15 is 0 Å². The molecule has 0 aliphatic rings. The van der Waals surface area contributed by atoms with Crippen LogP contribution in [0.15, 0.2) is 25.5 Å². The normalized spacial score (nSPS) is 13.6. The number of hydrogen-bond donors (Lipinski definition) is 0. The lowest BCUT2D eigenvalue weighted by molar-refractivity contribution is 0.151. The fraction of sp³-hybridized carbons (Fsp3) is 0.733. The molecule has 0 fully saturated rings. The molecule has 0 aliphatic carbocycles.